The number of alkyl halides is 2. The van der Waals surface area contributed by atoms with Crippen LogP contribution in [0.3, 0.4) is 0 Å². The molecule has 0 aromatic rings. The minimum absolute atomic E-state index is 1.21. The van der Waals surface area contributed by atoms with Crippen molar-refractivity contribution in [2.24, 2.45) is 0 Å². The van der Waals surface area contributed by atoms with E-state index in [0.717, 1.165) is 0 Å². The first-order chi connectivity index (χ1) is 4.13. The Balaban J connectivity index is 2.78. The summed E-state index contributed by atoms with van der Waals surface area (Å²) >= 11 is 1.22. The van der Waals surface area contributed by atoms with Gasteiger partial charge in [-0.05, 0) is 0 Å². The van der Waals surface area contributed by atoms with Gasteiger partial charge in [-0.2, -0.15) is 0 Å². The van der Waals surface area contributed by atoms with Crippen molar-refractivity contribution in [1.29, 1.82) is 0 Å². The first-order valence-electron chi connectivity index (χ1n) is 2.82. The summed E-state index contributed by atoms with van der Waals surface area (Å²) in [6.45, 7) is 0. The molecule has 0 N–H and O–H groups in total. The molecule has 1 aliphatic rings. The third-order valence-electron chi connectivity index (χ3n) is 1.35. The third-order valence-corrected chi connectivity index (χ3v) is 1.35. The van der Waals surface area contributed by atoms with Crippen LogP contribution in [0.15, 0.2) is 24.3 Å². The van der Waals surface area contributed by atoms with Crippen molar-refractivity contribution in [3.63, 3.8) is 0 Å². The van der Waals surface area contributed by atoms with Gasteiger partial charge in [0.1, 0.15) is 0 Å². The van der Waals surface area contributed by atoms with Gasteiger partial charge in [0.15, 0.2) is 0 Å². The molecule has 0 radical (unpaired) electrons. The molecule has 0 saturated heterocycles. The first-order valence-corrected chi connectivity index (χ1v) is 2.82. The monoisotopic (exact) mass is 122 g/mol. The molecule has 1 rings (SSSR count). The normalized spacial score (nSPS) is 41.6. The molecular formula is C6H5F2Li. The van der Waals surface area contributed by atoms with E-state index in [1.165, 1.54) is 42.0 Å². The van der Waals surface area contributed by atoms with Crippen LogP contribution in [0.1, 0.15) is 0 Å². The van der Waals surface area contributed by atoms with Gasteiger partial charge in [0.05, 0.1) is 0 Å². The molecule has 0 nitrogen and oxygen atoms in total. The average Bonchev–Trinajstić information content (AvgIpc) is 1.77. The summed E-state index contributed by atoms with van der Waals surface area (Å²) in [4.78, 5) is 0. The summed E-state index contributed by atoms with van der Waals surface area (Å²) < 4.78 is 23.4. The van der Waals surface area contributed by atoms with Crippen LogP contribution < -0.4 is 0 Å². The Labute approximate surface area is 61.8 Å². The zero-order chi connectivity index (χ0) is 6.91. The van der Waals surface area contributed by atoms with E-state index in [1.807, 2.05) is 0 Å². The topological polar surface area (TPSA) is 0 Å². The number of hydrogen-bond acceptors (Lipinski definition) is 0. The van der Waals surface area contributed by atoms with Gasteiger partial charge in [-0.15, -0.1) is 0 Å². The molecule has 44 valence electrons. The van der Waals surface area contributed by atoms with Crippen molar-refractivity contribution in [2.75, 3.05) is 0 Å². The predicted molar refractivity (Wildman–Crippen MR) is 32.8 cm³/mol. The molecular weight excluding hydrogens is 117 g/mol. The predicted octanol–water partition coefficient (Wildman–Crippen LogP) is 1.28. The molecule has 3 heteroatoms. The van der Waals surface area contributed by atoms with Gasteiger partial charge in [-0.1, -0.05) is 0 Å². The summed E-state index contributed by atoms with van der Waals surface area (Å²) in [6, 6.07) is 0. The van der Waals surface area contributed by atoms with Gasteiger partial charge in [-0.25, -0.2) is 0 Å². The fourth-order valence-electron chi connectivity index (χ4n) is 0.685. The number of allylic oxidation sites excluding steroid dienone is 4. The van der Waals surface area contributed by atoms with Crippen LogP contribution >= 0.6 is 0 Å². The second-order valence-electron chi connectivity index (χ2n) is 2.30. The van der Waals surface area contributed by atoms with E-state index in [1.54, 1.807) is 0 Å². The summed E-state index contributed by atoms with van der Waals surface area (Å²) in [6.07, 6.45) is 3.96. The van der Waals surface area contributed by atoms with Crippen LogP contribution in [0.5, 0.6) is 0 Å². The van der Waals surface area contributed by atoms with Gasteiger partial charge in [0.2, 0.25) is 0 Å². The van der Waals surface area contributed by atoms with Gasteiger partial charge in [0, 0.05) is 0 Å². The second-order valence-corrected chi connectivity index (χ2v) is 2.30. The Morgan fingerprint density at radius 1 is 1.44 bits per heavy atom. The Morgan fingerprint density at radius 3 is 2.44 bits per heavy atom. The Morgan fingerprint density at radius 2 is 2.11 bits per heavy atom. The van der Waals surface area contributed by atoms with Gasteiger partial charge in [0.25, 0.3) is 0 Å². The van der Waals surface area contributed by atoms with Crippen molar-refractivity contribution in [2.45, 2.75) is 10.5 Å². The maximum absolute atomic E-state index is 12.8. The fourth-order valence-corrected chi connectivity index (χ4v) is 0.685. The molecule has 0 aliphatic heterocycles. The molecule has 0 saturated carbocycles. The van der Waals surface area contributed by atoms with E-state index in [0.29, 0.717) is 0 Å². The molecule has 9 heavy (non-hydrogen) atoms. The summed E-state index contributed by atoms with van der Waals surface area (Å²) in [7, 11) is 0. The van der Waals surface area contributed by atoms with Crippen molar-refractivity contribution in [3.8, 4) is 0 Å². The average molecular weight is 122 g/mol. The zero-order valence-corrected chi connectivity index (χ0v) is 5.14. The van der Waals surface area contributed by atoms with E-state index in [4.69, 9.17) is 0 Å². The van der Waals surface area contributed by atoms with Crippen LogP contribution in [-0.4, -0.2) is 28.2 Å². The summed E-state index contributed by atoms with van der Waals surface area (Å²) in [5.41, 5.74) is 0. The molecule has 0 heterocycles. The van der Waals surface area contributed by atoms with E-state index >= 15 is 0 Å². The maximum atomic E-state index is 12.8. The number of rotatable bonds is 0. The van der Waals surface area contributed by atoms with Gasteiger partial charge in [-0.3, -0.25) is 0 Å². The summed E-state index contributed by atoms with van der Waals surface area (Å²) in [5.74, 6) is 0. The third kappa shape index (κ3) is 1.44. The van der Waals surface area contributed by atoms with E-state index in [2.05, 4.69) is 0 Å². The Hall–Kier alpha value is -0.0626. The van der Waals surface area contributed by atoms with E-state index in [-0.39, 0.29) is 0 Å². The molecule has 2 unspecified atom stereocenters. The molecule has 1 aliphatic carbocycles. The SMILES string of the molecule is [Li][C]1(F)C=CC=CC1F. The molecule has 0 bridgehead atoms. The first kappa shape index (κ1) is 7.05. The second kappa shape index (κ2) is 2.28. The van der Waals surface area contributed by atoms with Crippen LogP contribution in [-0.2, 0) is 0 Å². The molecule has 0 aromatic heterocycles. The standard InChI is InChI=1S/C6H5F2.Li/c7-5-3-1-2-4-6(5)8;/h1-5H;. The van der Waals surface area contributed by atoms with E-state index in [9.17, 15) is 8.78 Å². The van der Waals surface area contributed by atoms with Crippen LogP contribution in [0.25, 0.3) is 0 Å². The van der Waals surface area contributed by atoms with Crippen LogP contribution in [0.4, 0.5) is 8.78 Å². The van der Waals surface area contributed by atoms with Crippen LogP contribution in [0, 0.1) is 0 Å². The van der Waals surface area contributed by atoms with Crippen molar-refractivity contribution < 1.29 is 8.78 Å². The van der Waals surface area contributed by atoms with Crippen molar-refractivity contribution in [1.82, 2.24) is 0 Å². The molecule has 0 aromatic carbocycles. The Bertz CT molecular complexity index is 160. The zero-order valence-electron chi connectivity index (χ0n) is 5.14. The molecule has 0 fully saturated rings. The van der Waals surface area contributed by atoms with Crippen molar-refractivity contribution >= 4 is 17.7 Å². The van der Waals surface area contributed by atoms with Crippen molar-refractivity contribution in [3.05, 3.63) is 24.3 Å². The van der Waals surface area contributed by atoms with E-state index < -0.39 is 10.5 Å². The number of halogens is 2. The quantitative estimate of drug-likeness (QED) is 0.424. The molecule has 0 amide bonds. The fraction of sp³-hybridized carbons (Fsp3) is 0.333. The van der Waals surface area contributed by atoms with Gasteiger partial charge < -0.3 is 0 Å². The van der Waals surface area contributed by atoms with Crippen LogP contribution in [0.2, 0.25) is 0 Å². The number of hydrogen-bond donors (Lipinski definition) is 0. The minimum atomic E-state index is -1.80. The molecule has 2 atom stereocenters. The molecule has 0 spiro atoms. The van der Waals surface area contributed by atoms with Gasteiger partial charge >= 0.3 is 61.3 Å². The Kier molecular flexibility index (Phi) is 1.79. The summed E-state index contributed by atoms with van der Waals surface area (Å²) in [5, 5.41) is 0.